The minimum Gasteiger partial charge on any atom is -0.393 e. The second kappa shape index (κ2) is 5.31. The second-order valence-corrected chi connectivity index (χ2v) is 5.31. The zero-order valence-corrected chi connectivity index (χ0v) is 9.99. The highest BCUT2D eigenvalue weighted by atomic mass is 16.3. The molecule has 0 bridgehead atoms. The monoisotopic (exact) mass is 211 g/mol. The fourth-order valence-corrected chi connectivity index (χ4v) is 3.23. The average molecular weight is 211 g/mol. The molecule has 1 aliphatic heterocycles. The molecule has 1 N–H and O–H groups in total. The summed E-state index contributed by atoms with van der Waals surface area (Å²) in [6.45, 7) is 4.48. The Morgan fingerprint density at radius 2 is 1.87 bits per heavy atom. The van der Waals surface area contributed by atoms with Crippen LogP contribution in [0.3, 0.4) is 0 Å². The van der Waals surface area contributed by atoms with Crippen molar-refractivity contribution in [2.75, 3.05) is 13.1 Å². The Labute approximate surface area is 93.7 Å². The molecule has 1 heterocycles. The van der Waals surface area contributed by atoms with Crippen LogP contribution in [0.1, 0.15) is 51.9 Å². The normalized spacial score (nSPS) is 35.6. The number of likely N-dealkylation sites (tertiary alicyclic amines) is 1. The first kappa shape index (κ1) is 11.4. The molecule has 0 aromatic rings. The Hall–Kier alpha value is -0.0800. The summed E-state index contributed by atoms with van der Waals surface area (Å²) < 4.78 is 0. The van der Waals surface area contributed by atoms with E-state index in [1.807, 2.05) is 0 Å². The van der Waals surface area contributed by atoms with Crippen LogP contribution < -0.4 is 0 Å². The predicted octanol–water partition coefficient (Wildman–Crippen LogP) is 2.41. The number of nitrogens with zero attached hydrogens (tertiary/aromatic N) is 1. The van der Waals surface area contributed by atoms with Gasteiger partial charge in [-0.3, -0.25) is 4.90 Å². The van der Waals surface area contributed by atoms with Crippen molar-refractivity contribution in [3.63, 3.8) is 0 Å². The molecule has 0 radical (unpaired) electrons. The molecule has 2 aliphatic rings. The van der Waals surface area contributed by atoms with E-state index in [0.717, 1.165) is 32.0 Å². The third kappa shape index (κ3) is 2.73. The molecule has 1 aliphatic carbocycles. The minimum atomic E-state index is -0.0326. The van der Waals surface area contributed by atoms with Crippen molar-refractivity contribution >= 4 is 0 Å². The van der Waals surface area contributed by atoms with E-state index in [2.05, 4.69) is 11.8 Å². The molecular formula is C13H25NO. The predicted molar refractivity (Wildman–Crippen MR) is 62.9 cm³/mol. The maximum absolute atomic E-state index is 9.86. The first-order valence-electron chi connectivity index (χ1n) is 6.73. The lowest BCUT2D eigenvalue weighted by atomic mass is 9.88. The fourth-order valence-electron chi connectivity index (χ4n) is 3.23. The highest BCUT2D eigenvalue weighted by Gasteiger charge is 2.30. The molecule has 0 amide bonds. The van der Waals surface area contributed by atoms with Crippen LogP contribution in [0.5, 0.6) is 0 Å². The van der Waals surface area contributed by atoms with E-state index >= 15 is 0 Å². The Kier molecular flexibility index (Phi) is 4.04. The lowest BCUT2D eigenvalue weighted by molar-refractivity contribution is 0.00147. The summed E-state index contributed by atoms with van der Waals surface area (Å²) in [5, 5.41) is 9.86. The van der Waals surface area contributed by atoms with Crippen molar-refractivity contribution in [1.82, 2.24) is 4.90 Å². The van der Waals surface area contributed by atoms with Crippen molar-refractivity contribution < 1.29 is 5.11 Å². The van der Waals surface area contributed by atoms with Gasteiger partial charge in [0, 0.05) is 19.1 Å². The summed E-state index contributed by atoms with van der Waals surface area (Å²) in [6.07, 6.45) is 9.15. The van der Waals surface area contributed by atoms with E-state index in [0.29, 0.717) is 5.92 Å². The van der Waals surface area contributed by atoms with Crippen LogP contribution in [0, 0.1) is 5.92 Å². The van der Waals surface area contributed by atoms with Gasteiger partial charge in [-0.15, -0.1) is 0 Å². The largest absolute Gasteiger partial charge is 0.393 e. The van der Waals surface area contributed by atoms with Gasteiger partial charge in [-0.25, -0.2) is 0 Å². The Bertz CT molecular complexity index is 189. The van der Waals surface area contributed by atoms with Gasteiger partial charge in [-0.2, -0.15) is 0 Å². The molecule has 2 atom stereocenters. The zero-order valence-electron chi connectivity index (χ0n) is 9.99. The molecule has 15 heavy (non-hydrogen) atoms. The van der Waals surface area contributed by atoms with Gasteiger partial charge in [0.2, 0.25) is 0 Å². The zero-order chi connectivity index (χ0) is 10.7. The average Bonchev–Trinajstić information content (AvgIpc) is 2.31. The SMILES string of the molecule is CCC1CN(C2CCCCC2)CCC1O. The Morgan fingerprint density at radius 3 is 2.53 bits per heavy atom. The van der Waals surface area contributed by atoms with Gasteiger partial charge in [0.1, 0.15) is 0 Å². The summed E-state index contributed by atoms with van der Waals surface area (Å²) in [7, 11) is 0. The van der Waals surface area contributed by atoms with Crippen molar-refractivity contribution in [2.45, 2.75) is 64.0 Å². The van der Waals surface area contributed by atoms with E-state index in [4.69, 9.17) is 0 Å². The molecule has 0 aromatic heterocycles. The van der Waals surface area contributed by atoms with E-state index < -0.39 is 0 Å². The topological polar surface area (TPSA) is 23.5 Å². The standard InChI is InChI=1S/C13H25NO/c1-2-11-10-14(9-8-13(11)15)12-6-4-3-5-7-12/h11-13,15H,2-10H2,1H3. The van der Waals surface area contributed by atoms with Crippen LogP contribution in [0.2, 0.25) is 0 Å². The molecule has 0 aromatic carbocycles. The summed E-state index contributed by atoms with van der Waals surface area (Å²) in [5.41, 5.74) is 0. The van der Waals surface area contributed by atoms with Gasteiger partial charge in [0.25, 0.3) is 0 Å². The molecule has 2 fully saturated rings. The van der Waals surface area contributed by atoms with Crippen LogP contribution in [0.15, 0.2) is 0 Å². The number of rotatable bonds is 2. The number of aliphatic hydroxyl groups excluding tert-OH is 1. The molecule has 2 unspecified atom stereocenters. The fraction of sp³-hybridized carbons (Fsp3) is 1.00. The van der Waals surface area contributed by atoms with E-state index in [-0.39, 0.29) is 6.10 Å². The second-order valence-electron chi connectivity index (χ2n) is 5.31. The van der Waals surface area contributed by atoms with Crippen LogP contribution in [-0.4, -0.2) is 35.2 Å². The molecule has 2 rings (SSSR count). The van der Waals surface area contributed by atoms with Crippen LogP contribution in [0.4, 0.5) is 0 Å². The van der Waals surface area contributed by atoms with Gasteiger partial charge in [0.15, 0.2) is 0 Å². The lowest BCUT2D eigenvalue weighted by Crippen LogP contribution is -2.48. The molecule has 1 saturated carbocycles. The quantitative estimate of drug-likeness (QED) is 0.758. The third-order valence-electron chi connectivity index (χ3n) is 4.34. The summed E-state index contributed by atoms with van der Waals surface area (Å²) >= 11 is 0. The molecule has 2 heteroatoms. The van der Waals surface area contributed by atoms with Crippen molar-refractivity contribution in [1.29, 1.82) is 0 Å². The smallest absolute Gasteiger partial charge is 0.0592 e. The van der Waals surface area contributed by atoms with E-state index in [9.17, 15) is 5.11 Å². The third-order valence-corrected chi connectivity index (χ3v) is 4.34. The minimum absolute atomic E-state index is 0.0326. The van der Waals surface area contributed by atoms with Gasteiger partial charge in [-0.05, 0) is 31.6 Å². The Morgan fingerprint density at radius 1 is 1.13 bits per heavy atom. The number of hydrogen-bond donors (Lipinski definition) is 1. The highest BCUT2D eigenvalue weighted by molar-refractivity contribution is 4.84. The number of hydrogen-bond acceptors (Lipinski definition) is 2. The first-order valence-corrected chi connectivity index (χ1v) is 6.73. The van der Waals surface area contributed by atoms with E-state index in [1.54, 1.807) is 0 Å². The van der Waals surface area contributed by atoms with Gasteiger partial charge < -0.3 is 5.11 Å². The van der Waals surface area contributed by atoms with Gasteiger partial charge in [0.05, 0.1) is 6.10 Å². The molecule has 2 nitrogen and oxygen atoms in total. The lowest BCUT2D eigenvalue weighted by Gasteiger charge is -2.41. The van der Waals surface area contributed by atoms with Crippen LogP contribution >= 0.6 is 0 Å². The molecule has 1 saturated heterocycles. The Balaban J connectivity index is 1.87. The maximum atomic E-state index is 9.86. The van der Waals surface area contributed by atoms with Crippen molar-refractivity contribution in [3.8, 4) is 0 Å². The highest BCUT2D eigenvalue weighted by Crippen LogP contribution is 2.28. The number of piperidine rings is 1. The summed E-state index contributed by atoms with van der Waals surface area (Å²) in [6, 6.07) is 0.834. The van der Waals surface area contributed by atoms with Crippen molar-refractivity contribution in [3.05, 3.63) is 0 Å². The molecule has 88 valence electrons. The number of aliphatic hydroxyl groups is 1. The van der Waals surface area contributed by atoms with Gasteiger partial charge in [-0.1, -0.05) is 26.2 Å². The molecular weight excluding hydrogens is 186 g/mol. The van der Waals surface area contributed by atoms with Crippen molar-refractivity contribution in [2.24, 2.45) is 5.92 Å². The molecule has 0 spiro atoms. The van der Waals surface area contributed by atoms with Gasteiger partial charge >= 0.3 is 0 Å². The first-order chi connectivity index (χ1) is 7.31. The van der Waals surface area contributed by atoms with E-state index in [1.165, 1.54) is 32.1 Å². The summed E-state index contributed by atoms with van der Waals surface area (Å²) in [4.78, 5) is 2.65. The summed E-state index contributed by atoms with van der Waals surface area (Å²) in [5.74, 6) is 0.528. The van der Waals surface area contributed by atoms with Crippen LogP contribution in [-0.2, 0) is 0 Å². The maximum Gasteiger partial charge on any atom is 0.0592 e. The van der Waals surface area contributed by atoms with Crippen LogP contribution in [0.25, 0.3) is 0 Å².